The van der Waals surface area contributed by atoms with E-state index in [0.29, 0.717) is 23.1 Å². The highest BCUT2D eigenvalue weighted by molar-refractivity contribution is 5.32. The van der Waals surface area contributed by atoms with Gasteiger partial charge < -0.3 is 14.9 Å². The monoisotopic (exact) mass is 436 g/mol. The third-order valence-corrected chi connectivity index (χ3v) is 6.25. The van der Waals surface area contributed by atoms with Crippen LogP contribution < -0.4 is 11.2 Å². The summed E-state index contributed by atoms with van der Waals surface area (Å²) in [4.78, 5) is 26.9. The van der Waals surface area contributed by atoms with Crippen molar-refractivity contribution in [2.75, 3.05) is 0 Å². The Morgan fingerprint density at radius 1 is 1.09 bits per heavy atom. The van der Waals surface area contributed by atoms with Gasteiger partial charge in [0.25, 0.3) is 5.56 Å². The van der Waals surface area contributed by atoms with Gasteiger partial charge in [-0.05, 0) is 31.4 Å². The van der Waals surface area contributed by atoms with Crippen molar-refractivity contribution in [2.45, 2.75) is 57.6 Å². The third kappa shape index (κ3) is 3.95. The first kappa shape index (κ1) is 22.2. The molecule has 1 aliphatic heterocycles. The number of H-pyrrole nitrogens is 1. The highest BCUT2D eigenvalue weighted by Gasteiger charge is 2.52. The lowest BCUT2D eigenvalue weighted by Crippen LogP contribution is -2.39. The van der Waals surface area contributed by atoms with Crippen molar-refractivity contribution in [3.63, 3.8) is 0 Å². The highest BCUT2D eigenvalue weighted by Crippen LogP contribution is 2.47. The Morgan fingerprint density at radius 3 is 2.28 bits per heavy atom. The number of benzene rings is 2. The fourth-order valence-electron chi connectivity index (χ4n) is 4.27. The van der Waals surface area contributed by atoms with Crippen molar-refractivity contribution in [3.8, 4) is 0 Å². The first-order chi connectivity index (χ1) is 15.2. The van der Waals surface area contributed by atoms with E-state index in [1.807, 2.05) is 57.2 Å². The molecule has 2 aromatic carbocycles. The first-order valence-corrected chi connectivity index (χ1v) is 10.8. The van der Waals surface area contributed by atoms with Crippen LogP contribution in [0.1, 0.15) is 53.5 Å². The van der Waals surface area contributed by atoms with Gasteiger partial charge in [0, 0.05) is 18.2 Å². The summed E-state index contributed by atoms with van der Waals surface area (Å²) in [6, 6.07) is 14.8. The zero-order valence-electron chi connectivity index (χ0n) is 18.4. The van der Waals surface area contributed by atoms with Gasteiger partial charge in [-0.2, -0.15) is 0 Å². The summed E-state index contributed by atoms with van der Waals surface area (Å²) in [7, 11) is 0. The molecule has 1 aliphatic rings. The molecule has 1 aromatic heterocycles. The maximum Gasteiger partial charge on any atom is 0.330 e. The normalized spacial score (nSPS) is 23.9. The number of aliphatic hydroxyl groups is 2. The van der Waals surface area contributed by atoms with Crippen LogP contribution in [0.3, 0.4) is 0 Å². The van der Waals surface area contributed by atoms with Crippen LogP contribution in [0.5, 0.6) is 0 Å². The number of aryl methyl sites for hydroxylation is 3. The maximum atomic E-state index is 12.6. The minimum Gasteiger partial charge on any atom is -0.386 e. The molecule has 0 aliphatic carbocycles. The topological polar surface area (TPSA) is 105 Å². The Balaban J connectivity index is 1.79. The van der Waals surface area contributed by atoms with Crippen LogP contribution in [0.15, 0.2) is 64.3 Å². The largest absolute Gasteiger partial charge is 0.386 e. The molecule has 0 saturated carbocycles. The second-order valence-electron chi connectivity index (χ2n) is 8.54. The molecule has 1 unspecified atom stereocenters. The fraction of sp³-hybridized carbons (Fsp3) is 0.360. The van der Waals surface area contributed by atoms with Gasteiger partial charge in [0.1, 0.15) is 24.0 Å². The minimum atomic E-state index is -1.55. The average Bonchev–Trinajstić information content (AvgIpc) is 3.12. The SMILES string of the molecule is CCc1cn([C@H]2C[C@@](O)(c3ccc(C)cc3)[C@@H](C(O)c3ccc(C)cc3)O2)c(=O)[nH]c1=O. The lowest BCUT2D eigenvalue weighted by atomic mass is 9.82. The van der Waals surface area contributed by atoms with Crippen LogP contribution in [0.2, 0.25) is 0 Å². The fourth-order valence-corrected chi connectivity index (χ4v) is 4.27. The number of aromatic amines is 1. The van der Waals surface area contributed by atoms with E-state index in [0.717, 1.165) is 11.1 Å². The second-order valence-corrected chi connectivity index (χ2v) is 8.54. The van der Waals surface area contributed by atoms with Crippen molar-refractivity contribution in [1.82, 2.24) is 9.55 Å². The molecule has 0 bridgehead atoms. The summed E-state index contributed by atoms with van der Waals surface area (Å²) in [5.41, 5.74) is 1.12. The van der Waals surface area contributed by atoms with Crippen LogP contribution in [0.25, 0.3) is 0 Å². The molecule has 32 heavy (non-hydrogen) atoms. The van der Waals surface area contributed by atoms with E-state index >= 15 is 0 Å². The zero-order chi connectivity index (χ0) is 23.0. The molecule has 2 heterocycles. The predicted octanol–water partition coefficient (Wildman–Crippen LogP) is 2.62. The quantitative estimate of drug-likeness (QED) is 0.570. The number of aliphatic hydroxyl groups excluding tert-OH is 1. The lowest BCUT2D eigenvalue weighted by Gasteiger charge is -2.32. The predicted molar refractivity (Wildman–Crippen MR) is 120 cm³/mol. The molecule has 0 spiro atoms. The van der Waals surface area contributed by atoms with Crippen LogP contribution in [0, 0.1) is 13.8 Å². The molecule has 0 radical (unpaired) electrons. The summed E-state index contributed by atoms with van der Waals surface area (Å²) in [6.07, 6.45) is -1.06. The van der Waals surface area contributed by atoms with Crippen LogP contribution in [-0.4, -0.2) is 25.9 Å². The third-order valence-electron chi connectivity index (χ3n) is 6.25. The van der Waals surface area contributed by atoms with Gasteiger partial charge in [0.2, 0.25) is 0 Å². The van der Waals surface area contributed by atoms with Crippen LogP contribution in [0.4, 0.5) is 0 Å². The number of rotatable bonds is 5. The lowest BCUT2D eigenvalue weighted by molar-refractivity contribution is -0.122. The number of aromatic nitrogens is 2. The summed E-state index contributed by atoms with van der Waals surface area (Å²) < 4.78 is 7.45. The van der Waals surface area contributed by atoms with E-state index in [1.54, 1.807) is 12.1 Å². The van der Waals surface area contributed by atoms with Crippen molar-refractivity contribution in [1.29, 1.82) is 0 Å². The first-order valence-electron chi connectivity index (χ1n) is 10.8. The standard InChI is InChI=1S/C25H28N2O5/c1-4-17-14-27(24(30)26-23(17)29)20-13-25(31,19-11-7-16(3)8-12-19)22(32-20)21(28)18-9-5-15(2)6-10-18/h5-12,14,20-22,28,31H,4,13H2,1-3H3,(H,26,29,30)/t20-,21?,22-,25-/m1/s1. The molecular formula is C25H28N2O5. The van der Waals surface area contributed by atoms with Gasteiger partial charge in [-0.25, -0.2) is 4.79 Å². The van der Waals surface area contributed by atoms with E-state index in [4.69, 9.17) is 4.74 Å². The number of hydrogen-bond donors (Lipinski definition) is 3. The molecule has 7 nitrogen and oxygen atoms in total. The summed E-state index contributed by atoms with van der Waals surface area (Å²) in [5, 5.41) is 23.0. The van der Waals surface area contributed by atoms with Gasteiger partial charge in [-0.1, -0.05) is 66.6 Å². The van der Waals surface area contributed by atoms with Crippen molar-refractivity contribution >= 4 is 0 Å². The van der Waals surface area contributed by atoms with Gasteiger partial charge >= 0.3 is 5.69 Å². The van der Waals surface area contributed by atoms with Crippen molar-refractivity contribution in [2.24, 2.45) is 0 Å². The molecule has 0 amide bonds. The summed E-state index contributed by atoms with van der Waals surface area (Å²) in [5.74, 6) is 0. The molecule has 4 rings (SSSR count). The van der Waals surface area contributed by atoms with Gasteiger partial charge in [-0.3, -0.25) is 14.3 Å². The molecule has 1 fully saturated rings. The van der Waals surface area contributed by atoms with Crippen molar-refractivity contribution in [3.05, 3.63) is 103 Å². The Kier molecular flexibility index (Phi) is 5.90. The zero-order valence-corrected chi connectivity index (χ0v) is 18.4. The van der Waals surface area contributed by atoms with Gasteiger partial charge in [-0.15, -0.1) is 0 Å². The molecule has 7 heteroatoms. The van der Waals surface area contributed by atoms with E-state index < -0.39 is 35.3 Å². The average molecular weight is 437 g/mol. The number of ether oxygens (including phenoxy) is 1. The summed E-state index contributed by atoms with van der Waals surface area (Å²) >= 11 is 0. The molecular weight excluding hydrogens is 408 g/mol. The van der Waals surface area contributed by atoms with E-state index in [-0.39, 0.29) is 6.42 Å². The van der Waals surface area contributed by atoms with Crippen LogP contribution in [-0.2, 0) is 16.8 Å². The van der Waals surface area contributed by atoms with Gasteiger partial charge in [0.05, 0.1) is 0 Å². The van der Waals surface area contributed by atoms with E-state index in [1.165, 1.54) is 10.8 Å². The maximum absolute atomic E-state index is 12.6. The number of nitrogens with zero attached hydrogens (tertiary/aromatic N) is 1. The Hall–Kier alpha value is -3.00. The minimum absolute atomic E-state index is 0.0404. The van der Waals surface area contributed by atoms with E-state index in [2.05, 4.69) is 4.98 Å². The van der Waals surface area contributed by atoms with Crippen molar-refractivity contribution < 1.29 is 14.9 Å². The molecule has 3 N–H and O–H groups in total. The molecule has 4 atom stereocenters. The highest BCUT2D eigenvalue weighted by atomic mass is 16.5. The number of hydrogen-bond acceptors (Lipinski definition) is 5. The molecule has 3 aromatic rings. The second kappa shape index (κ2) is 8.50. The van der Waals surface area contributed by atoms with Gasteiger partial charge in [0.15, 0.2) is 0 Å². The Labute approximate surface area is 185 Å². The molecule has 168 valence electrons. The smallest absolute Gasteiger partial charge is 0.330 e. The molecule has 1 saturated heterocycles. The Bertz CT molecular complexity index is 1210. The van der Waals surface area contributed by atoms with E-state index in [9.17, 15) is 19.8 Å². The van der Waals surface area contributed by atoms with Crippen LogP contribution >= 0.6 is 0 Å². The number of nitrogens with one attached hydrogen (secondary N) is 1. The summed E-state index contributed by atoms with van der Waals surface area (Å²) in [6.45, 7) is 5.73. The Morgan fingerprint density at radius 2 is 1.69 bits per heavy atom.